The summed E-state index contributed by atoms with van der Waals surface area (Å²) in [5.41, 5.74) is 0.675. The Kier molecular flexibility index (Phi) is 5.35. The molecule has 1 heterocycles. The molecule has 130 valence electrons. The number of ether oxygens (including phenoxy) is 1. The summed E-state index contributed by atoms with van der Waals surface area (Å²) in [7, 11) is 0. The van der Waals surface area contributed by atoms with Gasteiger partial charge in [-0.15, -0.1) is 0 Å². The van der Waals surface area contributed by atoms with Gasteiger partial charge in [0.25, 0.3) is 5.91 Å². The van der Waals surface area contributed by atoms with Gasteiger partial charge in [0.15, 0.2) is 4.80 Å². The van der Waals surface area contributed by atoms with E-state index < -0.39 is 11.7 Å². The fourth-order valence-corrected chi connectivity index (χ4v) is 3.49. The van der Waals surface area contributed by atoms with Crippen LogP contribution in [0.25, 0.3) is 10.2 Å². The Labute approximate surface area is 147 Å². The quantitative estimate of drug-likeness (QED) is 0.649. The van der Waals surface area contributed by atoms with Crippen LogP contribution >= 0.6 is 11.3 Å². The second-order valence-electron chi connectivity index (χ2n) is 5.24. The first-order chi connectivity index (χ1) is 12.1. The highest BCUT2D eigenvalue weighted by Gasteiger charge is 2.12. The lowest BCUT2D eigenvalue weighted by atomic mass is 10.2. The van der Waals surface area contributed by atoms with Gasteiger partial charge in [-0.3, -0.25) is 4.79 Å². The molecule has 0 unspecified atom stereocenters. The maximum atomic E-state index is 14.3. The highest BCUT2D eigenvalue weighted by molar-refractivity contribution is 7.16. The molecule has 1 aromatic heterocycles. The molecule has 0 spiro atoms. The molecule has 3 aromatic rings. The number of amides is 1. The Morgan fingerprint density at radius 3 is 2.68 bits per heavy atom. The Balaban J connectivity index is 2.07. The van der Waals surface area contributed by atoms with E-state index in [-0.39, 0.29) is 11.4 Å². The van der Waals surface area contributed by atoms with E-state index in [1.54, 1.807) is 16.7 Å². The van der Waals surface area contributed by atoms with Crippen molar-refractivity contribution in [2.24, 2.45) is 4.99 Å². The summed E-state index contributed by atoms with van der Waals surface area (Å²) >= 11 is 1.23. The summed E-state index contributed by atoms with van der Waals surface area (Å²) in [6, 6.07) is 9.93. The van der Waals surface area contributed by atoms with Crippen molar-refractivity contribution in [3.05, 3.63) is 64.5 Å². The number of hydrogen-bond acceptors (Lipinski definition) is 3. The molecular formula is C18H16F2N2O2S. The molecule has 1 amide bonds. The number of aromatic nitrogens is 1. The summed E-state index contributed by atoms with van der Waals surface area (Å²) in [5.74, 6) is -1.30. The number of carbonyl (C=O) groups excluding carboxylic acids is 1. The second kappa shape index (κ2) is 7.67. The van der Waals surface area contributed by atoms with Crippen LogP contribution in [0.2, 0.25) is 0 Å². The normalized spacial score (nSPS) is 12.0. The first-order valence-electron chi connectivity index (χ1n) is 7.80. The fourth-order valence-electron chi connectivity index (χ4n) is 2.42. The van der Waals surface area contributed by atoms with Crippen LogP contribution in [0.3, 0.4) is 0 Å². The fraction of sp³-hybridized carbons (Fsp3) is 0.222. The molecule has 0 fully saturated rings. The van der Waals surface area contributed by atoms with Gasteiger partial charge in [-0.25, -0.2) is 8.78 Å². The highest BCUT2D eigenvalue weighted by Crippen LogP contribution is 2.20. The van der Waals surface area contributed by atoms with Gasteiger partial charge in [-0.2, -0.15) is 4.99 Å². The molecule has 25 heavy (non-hydrogen) atoms. The third-order valence-electron chi connectivity index (χ3n) is 3.60. The first kappa shape index (κ1) is 17.4. The molecule has 0 radical (unpaired) electrons. The predicted molar refractivity (Wildman–Crippen MR) is 92.6 cm³/mol. The van der Waals surface area contributed by atoms with E-state index in [1.165, 1.54) is 41.7 Å². The van der Waals surface area contributed by atoms with Crippen LogP contribution in [-0.4, -0.2) is 23.7 Å². The molecule has 0 aliphatic heterocycles. The van der Waals surface area contributed by atoms with Crippen molar-refractivity contribution < 1.29 is 18.3 Å². The van der Waals surface area contributed by atoms with Crippen LogP contribution < -0.4 is 4.80 Å². The Hall–Kier alpha value is -2.38. The van der Waals surface area contributed by atoms with Gasteiger partial charge in [-0.05, 0) is 43.3 Å². The van der Waals surface area contributed by atoms with Crippen LogP contribution in [0.4, 0.5) is 8.78 Å². The number of nitrogens with zero attached hydrogens (tertiary/aromatic N) is 2. The van der Waals surface area contributed by atoms with Gasteiger partial charge >= 0.3 is 0 Å². The molecule has 0 atom stereocenters. The minimum absolute atomic E-state index is 0.274. The average Bonchev–Trinajstić information content (AvgIpc) is 2.94. The second-order valence-corrected chi connectivity index (χ2v) is 6.25. The monoisotopic (exact) mass is 362 g/mol. The third-order valence-corrected chi connectivity index (χ3v) is 4.65. The third kappa shape index (κ3) is 3.83. The van der Waals surface area contributed by atoms with E-state index in [0.717, 1.165) is 0 Å². The SMILES string of the molecule is CCOCCn1c(=NC(=O)c2ccc(F)cc2)sc2cccc(F)c21. The number of halogens is 2. The van der Waals surface area contributed by atoms with E-state index in [4.69, 9.17) is 4.74 Å². The Bertz CT molecular complexity index is 961. The van der Waals surface area contributed by atoms with E-state index in [0.29, 0.717) is 34.8 Å². The summed E-state index contributed by atoms with van der Waals surface area (Å²) in [6.45, 7) is 3.19. The van der Waals surface area contributed by atoms with Crippen LogP contribution in [0.5, 0.6) is 0 Å². The zero-order chi connectivity index (χ0) is 17.8. The maximum Gasteiger partial charge on any atom is 0.279 e. The number of rotatable bonds is 5. The molecule has 0 N–H and O–H groups in total. The molecule has 2 aromatic carbocycles. The largest absolute Gasteiger partial charge is 0.380 e. The topological polar surface area (TPSA) is 43.6 Å². The van der Waals surface area contributed by atoms with E-state index in [2.05, 4.69) is 4.99 Å². The van der Waals surface area contributed by atoms with E-state index in [9.17, 15) is 13.6 Å². The van der Waals surface area contributed by atoms with E-state index in [1.807, 2.05) is 6.92 Å². The molecule has 0 bridgehead atoms. The number of thiazole rings is 1. The maximum absolute atomic E-state index is 14.3. The lowest BCUT2D eigenvalue weighted by molar-refractivity contribution is 0.0996. The minimum atomic E-state index is -0.503. The Morgan fingerprint density at radius 1 is 1.20 bits per heavy atom. The highest BCUT2D eigenvalue weighted by atomic mass is 32.1. The lowest BCUT2D eigenvalue weighted by Gasteiger charge is -2.06. The van der Waals surface area contributed by atoms with E-state index >= 15 is 0 Å². The number of benzene rings is 2. The van der Waals surface area contributed by atoms with Crippen molar-refractivity contribution >= 4 is 27.5 Å². The van der Waals surface area contributed by atoms with Gasteiger partial charge in [0.1, 0.15) is 11.6 Å². The van der Waals surface area contributed by atoms with Crippen molar-refractivity contribution in [1.82, 2.24) is 4.57 Å². The molecule has 7 heteroatoms. The summed E-state index contributed by atoms with van der Waals surface area (Å²) < 4.78 is 34.9. The van der Waals surface area contributed by atoms with Crippen molar-refractivity contribution in [2.75, 3.05) is 13.2 Å². The number of hydrogen-bond donors (Lipinski definition) is 0. The van der Waals surface area contributed by atoms with Crippen LogP contribution in [0.15, 0.2) is 47.5 Å². The van der Waals surface area contributed by atoms with Crippen molar-refractivity contribution in [1.29, 1.82) is 0 Å². The zero-order valence-corrected chi connectivity index (χ0v) is 14.4. The van der Waals surface area contributed by atoms with Crippen LogP contribution in [0.1, 0.15) is 17.3 Å². The first-order valence-corrected chi connectivity index (χ1v) is 8.62. The van der Waals surface area contributed by atoms with Gasteiger partial charge in [0.05, 0.1) is 16.8 Å². The smallest absolute Gasteiger partial charge is 0.279 e. The van der Waals surface area contributed by atoms with Gasteiger partial charge in [-0.1, -0.05) is 17.4 Å². The lowest BCUT2D eigenvalue weighted by Crippen LogP contribution is -2.20. The molecule has 3 rings (SSSR count). The summed E-state index contributed by atoms with van der Waals surface area (Å²) in [6.07, 6.45) is 0. The molecule has 0 aliphatic carbocycles. The molecule has 0 aliphatic rings. The average molecular weight is 362 g/mol. The van der Waals surface area contributed by atoms with Gasteiger partial charge in [0, 0.05) is 18.7 Å². The van der Waals surface area contributed by atoms with Crippen molar-refractivity contribution in [2.45, 2.75) is 13.5 Å². The Morgan fingerprint density at radius 2 is 1.96 bits per heavy atom. The van der Waals surface area contributed by atoms with Crippen molar-refractivity contribution in [3.8, 4) is 0 Å². The zero-order valence-electron chi connectivity index (χ0n) is 13.5. The number of fused-ring (bicyclic) bond motifs is 1. The summed E-state index contributed by atoms with van der Waals surface area (Å²) in [4.78, 5) is 16.8. The molecule has 4 nitrogen and oxygen atoms in total. The number of para-hydroxylation sites is 1. The predicted octanol–water partition coefficient (Wildman–Crippen LogP) is 3.76. The summed E-state index contributed by atoms with van der Waals surface area (Å²) in [5, 5.41) is 0. The van der Waals surface area contributed by atoms with Crippen LogP contribution in [0, 0.1) is 11.6 Å². The standard InChI is InChI=1S/C18H16F2N2O2S/c1-2-24-11-10-22-16-14(20)4-3-5-15(16)25-18(22)21-17(23)12-6-8-13(19)9-7-12/h3-9H,2,10-11H2,1H3. The molecular weight excluding hydrogens is 346 g/mol. The minimum Gasteiger partial charge on any atom is -0.380 e. The van der Waals surface area contributed by atoms with Gasteiger partial charge < -0.3 is 9.30 Å². The molecule has 0 saturated carbocycles. The number of carbonyl (C=O) groups is 1. The van der Waals surface area contributed by atoms with Crippen LogP contribution in [-0.2, 0) is 11.3 Å². The van der Waals surface area contributed by atoms with Gasteiger partial charge in [0.2, 0.25) is 0 Å². The van der Waals surface area contributed by atoms with Crippen molar-refractivity contribution in [3.63, 3.8) is 0 Å². The molecule has 0 saturated heterocycles.